The number of aryl methyl sites for hydroxylation is 2. The first-order valence-corrected chi connectivity index (χ1v) is 8.36. The normalized spacial score (nSPS) is 17.3. The minimum absolute atomic E-state index is 0.0726. The van der Waals surface area contributed by atoms with E-state index in [1.54, 1.807) is 11.3 Å². The zero-order chi connectivity index (χ0) is 14.7. The van der Waals surface area contributed by atoms with Gasteiger partial charge in [-0.1, -0.05) is 24.3 Å². The van der Waals surface area contributed by atoms with E-state index in [2.05, 4.69) is 34.6 Å². The van der Waals surface area contributed by atoms with Crippen molar-refractivity contribution in [2.75, 3.05) is 6.54 Å². The summed E-state index contributed by atoms with van der Waals surface area (Å²) >= 11 is 1.59. The molecule has 4 heteroatoms. The summed E-state index contributed by atoms with van der Waals surface area (Å²) in [5.74, 6) is 0.527. The van der Waals surface area contributed by atoms with Gasteiger partial charge in [-0.2, -0.15) is 0 Å². The molecule has 1 atom stereocenters. The zero-order valence-corrected chi connectivity index (χ0v) is 13.1. The van der Waals surface area contributed by atoms with E-state index >= 15 is 0 Å². The number of hydrogen-bond donors (Lipinski definition) is 1. The molecule has 0 saturated carbocycles. The fourth-order valence-electron chi connectivity index (χ4n) is 3.02. The molecule has 0 fully saturated rings. The summed E-state index contributed by atoms with van der Waals surface area (Å²) in [5, 5.41) is 6.05. The van der Waals surface area contributed by atoms with Crippen LogP contribution in [0.3, 0.4) is 0 Å². The Morgan fingerprint density at radius 1 is 1.43 bits per heavy atom. The van der Waals surface area contributed by atoms with Crippen molar-refractivity contribution in [1.82, 2.24) is 10.3 Å². The lowest BCUT2D eigenvalue weighted by molar-refractivity contribution is -0.120. The first-order valence-electron chi connectivity index (χ1n) is 7.48. The quantitative estimate of drug-likeness (QED) is 0.942. The first kappa shape index (κ1) is 14.3. The van der Waals surface area contributed by atoms with Crippen LogP contribution in [-0.2, 0) is 17.6 Å². The smallest absolute Gasteiger partial charge is 0.226 e. The van der Waals surface area contributed by atoms with Crippen LogP contribution in [0.4, 0.5) is 0 Å². The Hall–Kier alpha value is -1.68. The fraction of sp³-hybridized carbons (Fsp3) is 0.412. The van der Waals surface area contributed by atoms with E-state index < -0.39 is 0 Å². The maximum atomic E-state index is 12.0. The summed E-state index contributed by atoms with van der Waals surface area (Å²) in [4.78, 5) is 16.4. The summed E-state index contributed by atoms with van der Waals surface area (Å²) in [6.45, 7) is 2.70. The molecule has 21 heavy (non-hydrogen) atoms. The van der Waals surface area contributed by atoms with Crippen LogP contribution >= 0.6 is 11.3 Å². The Kier molecular flexibility index (Phi) is 4.34. The molecule has 1 aliphatic rings. The van der Waals surface area contributed by atoms with Crippen LogP contribution in [0.1, 0.15) is 40.6 Å². The molecule has 1 aliphatic carbocycles. The lowest BCUT2D eigenvalue weighted by atomic mass is 9.83. The Labute approximate surface area is 129 Å². The van der Waals surface area contributed by atoms with E-state index in [4.69, 9.17) is 0 Å². The SMILES string of the molecule is Cc1nc(CC(=O)NCC2CCCc3ccccc32)cs1. The molecule has 0 bridgehead atoms. The number of fused-ring (bicyclic) bond motifs is 1. The van der Waals surface area contributed by atoms with Crippen molar-refractivity contribution in [3.05, 3.63) is 51.5 Å². The van der Waals surface area contributed by atoms with Crippen molar-refractivity contribution in [3.63, 3.8) is 0 Å². The number of carbonyl (C=O) groups is 1. The summed E-state index contributed by atoms with van der Waals surface area (Å²) in [7, 11) is 0. The first-order chi connectivity index (χ1) is 10.2. The molecule has 0 aliphatic heterocycles. The van der Waals surface area contributed by atoms with Gasteiger partial charge in [0.25, 0.3) is 0 Å². The molecule has 0 radical (unpaired) electrons. The van der Waals surface area contributed by atoms with Gasteiger partial charge in [0.2, 0.25) is 5.91 Å². The van der Waals surface area contributed by atoms with Crippen LogP contribution in [0.5, 0.6) is 0 Å². The number of nitrogens with one attached hydrogen (secondary N) is 1. The van der Waals surface area contributed by atoms with Crippen molar-refractivity contribution in [1.29, 1.82) is 0 Å². The largest absolute Gasteiger partial charge is 0.355 e. The lowest BCUT2D eigenvalue weighted by Gasteiger charge is -2.25. The van der Waals surface area contributed by atoms with E-state index in [1.165, 1.54) is 24.0 Å². The second kappa shape index (κ2) is 6.39. The zero-order valence-electron chi connectivity index (χ0n) is 12.3. The highest BCUT2D eigenvalue weighted by molar-refractivity contribution is 7.09. The summed E-state index contributed by atoms with van der Waals surface area (Å²) in [5.41, 5.74) is 3.73. The van der Waals surface area contributed by atoms with Crippen molar-refractivity contribution >= 4 is 17.2 Å². The molecule has 1 aromatic heterocycles. The van der Waals surface area contributed by atoms with Gasteiger partial charge in [-0.15, -0.1) is 11.3 Å². The number of nitrogens with zero attached hydrogens (tertiary/aromatic N) is 1. The number of amides is 1. The number of hydrogen-bond acceptors (Lipinski definition) is 3. The van der Waals surface area contributed by atoms with Crippen LogP contribution in [0.2, 0.25) is 0 Å². The summed E-state index contributed by atoms with van der Waals surface area (Å²) in [6, 6.07) is 8.61. The number of rotatable bonds is 4. The maximum absolute atomic E-state index is 12.0. The topological polar surface area (TPSA) is 42.0 Å². The lowest BCUT2D eigenvalue weighted by Crippen LogP contribution is -2.31. The van der Waals surface area contributed by atoms with Crippen molar-refractivity contribution in [2.45, 2.75) is 38.5 Å². The molecule has 1 aromatic carbocycles. The Bertz CT molecular complexity index is 635. The molecule has 1 unspecified atom stereocenters. The molecular weight excluding hydrogens is 280 g/mol. The Morgan fingerprint density at radius 3 is 3.10 bits per heavy atom. The van der Waals surface area contributed by atoms with E-state index in [1.807, 2.05) is 12.3 Å². The van der Waals surface area contributed by atoms with E-state index in [9.17, 15) is 4.79 Å². The van der Waals surface area contributed by atoms with Crippen LogP contribution in [0.15, 0.2) is 29.6 Å². The molecule has 1 heterocycles. The van der Waals surface area contributed by atoms with Gasteiger partial charge in [0.15, 0.2) is 0 Å². The van der Waals surface area contributed by atoms with Crippen LogP contribution < -0.4 is 5.32 Å². The standard InChI is InChI=1S/C17H20N2OS/c1-12-19-15(11-21-12)9-17(20)18-10-14-7-4-6-13-5-2-3-8-16(13)14/h2-3,5,8,11,14H,4,6-7,9-10H2,1H3,(H,18,20). The van der Waals surface area contributed by atoms with E-state index in [-0.39, 0.29) is 5.91 Å². The predicted molar refractivity (Wildman–Crippen MR) is 85.7 cm³/mol. The number of carbonyl (C=O) groups excluding carboxylic acids is 1. The summed E-state index contributed by atoms with van der Waals surface area (Å²) in [6.07, 6.45) is 3.92. The Balaban J connectivity index is 1.57. The fourth-order valence-corrected chi connectivity index (χ4v) is 3.63. The third kappa shape index (κ3) is 3.50. The molecule has 3 rings (SSSR count). The van der Waals surface area contributed by atoms with Gasteiger partial charge in [0.1, 0.15) is 0 Å². The van der Waals surface area contributed by atoms with Crippen molar-refractivity contribution in [2.24, 2.45) is 0 Å². The van der Waals surface area contributed by atoms with Gasteiger partial charge in [0, 0.05) is 17.8 Å². The maximum Gasteiger partial charge on any atom is 0.226 e. The van der Waals surface area contributed by atoms with Crippen LogP contribution in [-0.4, -0.2) is 17.4 Å². The average Bonchev–Trinajstić information content (AvgIpc) is 2.90. The third-order valence-electron chi connectivity index (χ3n) is 4.05. The molecule has 3 nitrogen and oxygen atoms in total. The molecule has 110 valence electrons. The summed E-state index contributed by atoms with van der Waals surface area (Å²) < 4.78 is 0. The molecule has 2 aromatic rings. The van der Waals surface area contributed by atoms with E-state index in [0.717, 1.165) is 23.7 Å². The second-order valence-electron chi connectivity index (χ2n) is 5.63. The third-order valence-corrected chi connectivity index (χ3v) is 4.87. The average molecular weight is 300 g/mol. The van der Waals surface area contributed by atoms with Crippen LogP contribution in [0.25, 0.3) is 0 Å². The minimum atomic E-state index is 0.0726. The van der Waals surface area contributed by atoms with Gasteiger partial charge in [0.05, 0.1) is 17.1 Å². The number of thiazole rings is 1. The van der Waals surface area contributed by atoms with E-state index in [0.29, 0.717) is 12.3 Å². The van der Waals surface area contributed by atoms with Gasteiger partial charge in [-0.3, -0.25) is 4.79 Å². The molecule has 0 spiro atoms. The number of aromatic nitrogens is 1. The monoisotopic (exact) mass is 300 g/mol. The van der Waals surface area contributed by atoms with Crippen molar-refractivity contribution in [3.8, 4) is 0 Å². The van der Waals surface area contributed by atoms with Gasteiger partial charge >= 0.3 is 0 Å². The highest BCUT2D eigenvalue weighted by Gasteiger charge is 2.20. The highest BCUT2D eigenvalue weighted by Crippen LogP contribution is 2.30. The second-order valence-corrected chi connectivity index (χ2v) is 6.69. The number of benzene rings is 1. The molecule has 0 saturated heterocycles. The molecular formula is C17H20N2OS. The molecule has 1 amide bonds. The van der Waals surface area contributed by atoms with Gasteiger partial charge in [-0.25, -0.2) is 4.98 Å². The van der Waals surface area contributed by atoms with Crippen LogP contribution in [0, 0.1) is 6.92 Å². The minimum Gasteiger partial charge on any atom is -0.355 e. The molecule has 1 N–H and O–H groups in total. The van der Waals surface area contributed by atoms with Gasteiger partial charge < -0.3 is 5.32 Å². The Morgan fingerprint density at radius 2 is 2.29 bits per heavy atom. The predicted octanol–water partition coefficient (Wildman–Crippen LogP) is 3.23. The van der Waals surface area contributed by atoms with Crippen molar-refractivity contribution < 1.29 is 4.79 Å². The highest BCUT2D eigenvalue weighted by atomic mass is 32.1. The van der Waals surface area contributed by atoms with Gasteiger partial charge in [-0.05, 0) is 37.3 Å².